The number of allylic oxidation sites excluding steroid dienone is 2. The van der Waals surface area contributed by atoms with Crippen LogP contribution in [0.25, 0.3) is 17.0 Å². The lowest BCUT2D eigenvalue weighted by Gasteiger charge is -2.07. The van der Waals surface area contributed by atoms with E-state index in [4.69, 9.17) is 14.0 Å². The maximum absolute atomic E-state index is 11.7. The number of aromatic nitrogens is 1. The van der Waals surface area contributed by atoms with Gasteiger partial charge >= 0.3 is 5.97 Å². The van der Waals surface area contributed by atoms with Crippen molar-refractivity contribution < 1.29 is 18.8 Å². The van der Waals surface area contributed by atoms with Gasteiger partial charge in [0.1, 0.15) is 11.4 Å². The fourth-order valence-electron chi connectivity index (χ4n) is 2.15. The van der Waals surface area contributed by atoms with Crippen LogP contribution in [-0.2, 0) is 16.0 Å². The lowest BCUT2D eigenvalue weighted by Crippen LogP contribution is -2.08. The number of rotatable bonds is 6. The summed E-state index contributed by atoms with van der Waals surface area (Å²) in [7, 11) is 0. The van der Waals surface area contributed by atoms with E-state index in [9.17, 15) is 4.79 Å². The standard InChI is InChI=1S/C17H19NO4/c1-4-7-12-14(21-10-5-2)8-9-15-17(12)13(18-22-15)11-16(19)20-6-3/h4-5,7-10H,6,11H2,1-3H3. The van der Waals surface area contributed by atoms with E-state index in [1.807, 2.05) is 32.1 Å². The van der Waals surface area contributed by atoms with Gasteiger partial charge in [-0.1, -0.05) is 23.4 Å². The molecule has 0 fully saturated rings. The Bertz CT molecular complexity index is 713. The lowest BCUT2D eigenvalue weighted by atomic mass is 10.0. The minimum absolute atomic E-state index is 0.0679. The smallest absolute Gasteiger partial charge is 0.312 e. The maximum atomic E-state index is 11.7. The molecule has 116 valence electrons. The van der Waals surface area contributed by atoms with Crippen molar-refractivity contribution in [3.63, 3.8) is 0 Å². The summed E-state index contributed by atoms with van der Waals surface area (Å²) in [6, 6.07) is 3.60. The molecule has 5 heteroatoms. The highest BCUT2D eigenvalue weighted by atomic mass is 16.5. The third kappa shape index (κ3) is 3.36. The fourth-order valence-corrected chi connectivity index (χ4v) is 2.15. The highest BCUT2D eigenvalue weighted by Gasteiger charge is 2.18. The Morgan fingerprint density at radius 1 is 1.32 bits per heavy atom. The van der Waals surface area contributed by atoms with E-state index in [1.165, 1.54) is 0 Å². The molecule has 0 atom stereocenters. The molecule has 1 heterocycles. The number of carbonyl (C=O) groups is 1. The molecule has 1 aromatic heterocycles. The molecule has 2 rings (SSSR count). The number of hydrogen-bond donors (Lipinski definition) is 0. The van der Waals surface area contributed by atoms with Gasteiger partial charge in [-0.05, 0) is 32.9 Å². The van der Waals surface area contributed by atoms with E-state index < -0.39 is 0 Å². The van der Waals surface area contributed by atoms with Gasteiger partial charge in [-0.3, -0.25) is 4.79 Å². The van der Waals surface area contributed by atoms with Crippen molar-refractivity contribution in [3.8, 4) is 5.75 Å². The van der Waals surface area contributed by atoms with E-state index in [0.717, 1.165) is 10.9 Å². The molecule has 0 aliphatic rings. The summed E-state index contributed by atoms with van der Waals surface area (Å²) in [4.78, 5) is 11.7. The number of carbonyl (C=O) groups excluding carboxylic acids is 1. The zero-order valence-electron chi connectivity index (χ0n) is 13.0. The molecule has 0 saturated carbocycles. The zero-order chi connectivity index (χ0) is 15.9. The van der Waals surface area contributed by atoms with Crippen LogP contribution in [-0.4, -0.2) is 17.7 Å². The molecule has 22 heavy (non-hydrogen) atoms. The normalized spacial score (nSPS) is 11.6. The molecular weight excluding hydrogens is 282 g/mol. The largest absolute Gasteiger partial charge is 0.466 e. The maximum Gasteiger partial charge on any atom is 0.312 e. The molecule has 0 amide bonds. The molecule has 0 saturated heterocycles. The summed E-state index contributed by atoms with van der Waals surface area (Å²) in [5.41, 5.74) is 1.99. The summed E-state index contributed by atoms with van der Waals surface area (Å²) in [6.45, 7) is 5.90. The molecule has 0 aliphatic heterocycles. The van der Waals surface area contributed by atoms with Gasteiger partial charge in [-0.2, -0.15) is 0 Å². The van der Waals surface area contributed by atoms with Crippen LogP contribution in [0.1, 0.15) is 32.0 Å². The Morgan fingerprint density at radius 3 is 2.82 bits per heavy atom. The van der Waals surface area contributed by atoms with Gasteiger partial charge < -0.3 is 14.0 Å². The Hall–Kier alpha value is -2.56. The van der Waals surface area contributed by atoms with Gasteiger partial charge in [0.25, 0.3) is 0 Å². The second-order valence-electron chi connectivity index (χ2n) is 4.55. The Morgan fingerprint density at radius 2 is 2.14 bits per heavy atom. The lowest BCUT2D eigenvalue weighted by molar-refractivity contribution is -0.142. The third-order valence-electron chi connectivity index (χ3n) is 2.99. The first-order chi connectivity index (χ1) is 10.7. The van der Waals surface area contributed by atoms with Gasteiger partial charge in [-0.15, -0.1) is 0 Å². The molecule has 2 aromatic rings. The number of fused-ring (bicyclic) bond motifs is 1. The number of ether oxygens (including phenoxy) is 2. The van der Waals surface area contributed by atoms with E-state index in [1.54, 1.807) is 25.3 Å². The van der Waals surface area contributed by atoms with Crippen molar-refractivity contribution in [1.29, 1.82) is 0 Å². The Labute approximate surface area is 129 Å². The first kappa shape index (κ1) is 15.8. The highest BCUT2D eigenvalue weighted by molar-refractivity contribution is 5.93. The second-order valence-corrected chi connectivity index (χ2v) is 4.55. The highest BCUT2D eigenvalue weighted by Crippen LogP contribution is 2.32. The molecule has 0 bridgehead atoms. The minimum atomic E-state index is -0.330. The van der Waals surface area contributed by atoms with Gasteiger partial charge in [0.05, 0.1) is 24.7 Å². The Kier molecular flexibility index (Phi) is 5.36. The second kappa shape index (κ2) is 7.45. The summed E-state index contributed by atoms with van der Waals surface area (Å²) in [5, 5.41) is 4.77. The number of hydrogen-bond acceptors (Lipinski definition) is 5. The van der Waals surface area contributed by atoms with Crippen LogP contribution in [0.4, 0.5) is 0 Å². The van der Waals surface area contributed by atoms with Crippen LogP contribution in [0.3, 0.4) is 0 Å². The van der Waals surface area contributed by atoms with E-state index in [0.29, 0.717) is 23.6 Å². The average molecular weight is 301 g/mol. The monoisotopic (exact) mass is 301 g/mol. The molecule has 0 N–H and O–H groups in total. The fraction of sp³-hybridized carbons (Fsp3) is 0.294. The summed E-state index contributed by atoms with van der Waals surface area (Å²) in [6.07, 6.45) is 7.29. The van der Waals surface area contributed by atoms with Crippen LogP contribution >= 0.6 is 0 Å². The molecule has 0 unspecified atom stereocenters. The molecule has 0 radical (unpaired) electrons. The van der Waals surface area contributed by atoms with Crippen LogP contribution < -0.4 is 4.74 Å². The van der Waals surface area contributed by atoms with Crippen molar-refractivity contribution in [2.45, 2.75) is 27.2 Å². The molecular formula is C17H19NO4. The van der Waals surface area contributed by atoms with Crippen LogP contribution in [0.15, 0.2) is 35.1 Å². The summed E-state index contributed by atoms with van der Waals surface area (Å²) in [5.74, 6) is 0.348. The first-order valence-electron chi connectivity index (χ1n) is 7.18. The van der Waals surface area contributed by atoms with E-state index in [2.05, 4.69) is 5.16 Å². The predicted molar refractivity (Wildman–Crippen MR) is 84.5 cm³/mol. The topological polar surface area (TPSA) is 61.6 Å². The number of nitrogens with zero attached hydrogens (tertiary/aromatic N) is 1. The van der Waals surface area contributed by atoms with Crippen molar-refractivity contribution in [1.82, 2.24) is 5.16 Å². The first-order valence-corrected chi connectivity index (χ1v) is 7.18. The van der Waals surface area contributed by atoms with Crippen molar-refractivity contribution in [2.75, 3.05) is 6.61 Å². The van der Waals surface area contributed by atoms with Gasteiger partial charge in [0.2, 0.25) is 0 Å². The summed E-state index contributed by atoms with van der Waals surface area (Å²) < 4.78 is 15.9. The van der Waals surface area contributed by atoms with Crippen molar-refractivity contribution in [2.24, 2.45) is 0 Å². The van der Waals surface area contributed by atoms with Gasteiger partial charge in [0.15, 0.2) is 5.58 Å². The van der Waals surface area contributed by atoms with Crippen LogP contribution in [0, 0.1) is 0 Å². The van der Waals surface area contributed by atoms with Gasteiger partial charge in [0, 0.05) is 5.56 Å². The van der Waals surface area contributed by atoms with Crippen LogP contribution in [0.5, 0.6) is 5.75 Å². The van der Waals surface area contributed by atoms with Gasteiger partial charge in [-0.25, -0.2) is 0 Å². The van der Waals surface area contributed by atoms with Crippen LogP contribution in [0.2, 0.25) is 0 Å². The average Bonchev–Trinajstić information content (AvgIpc) is 2.90. The Balaban J connectivity index is 2.52. The molecule has 1 aromatic carbocycles. The zero-order valence-corrected chi connectivity index (χ0v) is 13.0. The summed E-state index contributed by atoms with van der Waals surface area (Å²) >= 11 is 0. The molecule has 0 aliphatic carbocycles. The van der Waals surface area contributed by atoms with E-state index in [-0.39, 0.29) is 12.4 Å². The third-order valence-corrected chi connectivity index (χ3v) is 2.99. The number of benzene rings is 1. The SMILES string of the molecule is CC=COc1ccc2onc(CC(=O)OCC)c2c1C=CC. The van der Waals surface area contributed by atoms with Crippen molar-refractivity contribution >= 4 is 23.0 Å². The quantitative estimate of drug-likeness (QED) is 0.598. The molecule has 0 spiro atoms. The number of esters is 1. The van der Waals surface area contributed by atoms with E-state index >= 15 is 0 Å². The van der Waals surface area contributed by atoms with Crippen molar-refractivity contribution in [3.05, 3.63) is 41.8 Å². The predicted octanol–water partition coefficient (Wildman–Crippen LogP) is 3.88. The minimum Gasteiger partial charge on any atom is -0.466 e. The molecule has 5 nitrogen and oxygen atoms in total.